The normalized spacial score (nSPS) is 16.8. The lowest BCUT2D eigenvalue weighted by molar-refractivity contribution is 0.332. The maximum Gasteiger partial charge on any atom is 0.247 e. The molecular formula is C14H22N2O3S. The Morgan fingerprint density at radius 1 is 1.35 bits per heavy atom. The SMILES string of the molecule is CCN(C1CCCC1)S(=O)(=O)c1ccc(N)cc1OC. The zero-order valence-electron chi connectivity index (χ0n) is 12.0. The number of nitrogens with two attached hydrogens (primary N) is 1. The van der Waals surface area contributed by atoms with Crippen molar-refractivity contribution in [3.63, 3.8) is 0 Å². The minimum absolute atomic E-state index is 0.104. The molecule has 6 heteroatoms. The Hall–Kier alpha value is -1.27. The number of ether oxygens (including phenoxy) is 1. The maximum atomic E-state index is 12.8. The molecule has 0 bridgehead atoms. The second kappa shape index (κ2) is 6.01. The fraction of sp³-hybridized carbons (Fsp3) is 0.571. The van der Waals surface area contributed by atoms with Gasteiger partial charge in [0.1, 0.15) is 10.6 Å². The molecule has 112 valence electrons. The van der Waals surface area contributed by atoms with Gasteiger partial charge in [-0.05, 0) is 25.0 Å². The minimum Gasteiger partial charge on any atom is -0.495 e. The fourth-order valence-electron chi connectivity index (χ4n) is 2.84. The highest BCUT2D eigenvalue weighted by Gasteiger charge is 2.33. The summed E-state index contributed by atoms with van der Waals surface area (Å²) in [4.78, 5) is 0.197. The first-order valence-corrected chi connectivity index (χ1v) is 8.40. The monoisotopic (exact) mass is 298 g/mol. The van der Waals surface area contributed by atoms with Gasteiger partial charge in [-0.15, -0.1) is 0 Å². The summed E-state index contributed by atoms with van der Waals surface area (Å²) >= 11 is 0. The van der Waals surface area contributed by atoms with Gasteiger partial charge in [0.2, 0.25) is 10.0 Å². The van der Waals surface area contributed by atoms with Crippen LogP contribution in [0.4, 0.5) is 5.69 Å². The van der Waals surface area contributed by atoms with Gasteiger partial charge in [0.15, 0.2) is 0 Å². The molecule has 5 nitrogen and oxygen atoms in total. The van der Waals surface area contributed by atoms with E-state index in [9.17, 15) is 8.42 Å². The Balaban J connectivity index is 2.42. The van der Waals surface area contributed by atoms with Gasteiger partial charge in [-0.1, -0.05) is 19.8 Å². The summed E-state index contributed by atoms with van der Waals surface area (Å²) in [5.41, 5.74) is 6.18. The molecule has 1 saturated carbocycles. The highest BCUT2D eigenvalue weighted by Crippen LogP contribution is 2.33. The van der Waals surface area contributed by atoms with E-state index in [0.717, 1.165) is 25.7 Å². The average molecular weight is 298 g/mol. The van der Waals surface area contributed by atoms with Crippen molar-refractivity contribution in [1.29, 1.82) is 0 Å². The first-order chi connectivity index (χ1) is 9.50. The fourth-order valence-corrected chi connectivity index (χ4v) is 4.67. The molecule has 0 radical (unpaired) electrons. The van der Waals surface area contributed by atoms with Crippen LogP contribution < -0.4 is 10.5 Å². The van der Waals surface area contributed by atoms with Crippen molar-refractivity contribution in [2.75, 3.05) is 19.4 Å². The number of anilines is 1. The zero-order chi connectivity index (χ0) is 14.8. The zero-order valence-corrected chi connectivity index (χ0v) is 12.8. The summed E-state index contributed by atoms with van der Waals surface area (Å²) in [6.07, 6.45) is 4.06. The van der Waals surface area contributed by atoms with Crippen LogP contribution in [-0.2, 0) is 10.0 Å². The third kappa shape index (κ3) is 2.76. The van der Waals surface area contributed by atoms with Gasteiger partial charge in [0.05, 0.1) is 7.11 Å². The molecule has 0 aliphatic heterocycles. The van der Waals surface area contributed by atoms with Crippen molar-refractivity contribution >= 4 is 15.7 Å². The van der Waals surface area contributed by atoms with E-state index in [2.05, 4.69) is 0 Å². The number of hydrogen-bond acceptors (Lipinski definition) is 4. The largest absolute Gasteiger partial charge is 0.495 e. The van der Waals surface area contributed by atoms with Crippen LogP contribution >= 0.6 is 0 Å². The molecule has 1 aliphatic carbocycles. The van der Waals surface area contributed by atoms with Crippen molar-refractivity contribution < 1.29 is 13.2 Å². The molecule has 1 aromatic carbocycles. The molecule has 0 amide bonds. The van der Waals surface area contributed by atoms with Gasteiger partial charge < -0.3 is 10.5 Å². The van der Waals surface area contributed by atoms with Crippen molar-refractivity contribution in [1.82, 2.24) is 4.31 Å². The predicted octanol–water partition coefficient (Wildman–Crippen LogP) is 2.23. The van der Waals surface area contributed by atoms with E-state index in [-0.39, 0.29) is 10.9 Å². The van der Waals surface area contributed by atoms with Crippen LogP contribution in [0.15, 0.2) is 23.1 Å². The summed E-state index contributed by atoms with van der Waals surface area (Å²) in [5, 5.41) is 0. The van der Waals surface area contributed by atoms with Gasteiger partial charge in [0, 0.05) is 24.3 Å². The van der Waals surface area contributed by atoms with Crippen molar-refractivity contribution in [3.05, 3.63) is 18.2 Å². The maximum absolute atomic E-state index is 12.8. The molecule has 0 spiro atoms. The summed E-state index contributed by atoms with van der Waals surface area (Å²) in [6.45, 7) is 2.35. The number of rotatable bonds is 5. The molecule has 2 N–H and O–H groups in total. The van der Waals surface area contributed by atoms with Crippen LogP contribution in [0.1, 0.15) is 32.6 Å². The highest BCUT2D eigenvalue weighted by atomic mass is 32.2. The smallest absolute Gasteiger partial charge is 0.247 e. The Labute approximate surface area is 120 Å². The minimum atomic E-state index is -3.54. The van der Waals surface area contributed by atoms with Crippen molar-refractivity contribution in [3.8, 4) is 5.75 Å². The third-order valence-electron chi connectivity index (χ3n) is 3.82. The van der Waals surface area contributed by atoms with E-state index in [1.165, 1.54) is 13.2 Å². The quantitative estimate of drug-likeness (QED) is 0.846. The Bertz CT molecular complexity index is 566. The second-order valence-corrected chi connectivity index (χ2v) is 6.92. The molecule has 0 unspecified atom stereocenters. The molecule has 0 atom stereocenters. The van der Waals surface area contributed by atoms with E-state index in [0.29, 0.717) is 18.0 Å². The van der Waals surface area contributed by atoms with Crippen LogP contribution in [0.5, 0.6) is 5.75 Å². The summed E-state index contributed by atoms with van der Waals surface area (Å²) in [6, 6.07) is 4.78. The number of benzene rings is 1. The second-order valence-electron chi connectivity index (χ2n) is 5.06. The Morgan fingerprint density at radius 2 is 2.00 bits per heavy atom. The molecule has 1 aliphatic rings. The first-order valence-electron chi connectivity index (χ1n) is 6.96. The highest BCUT2D eigenvalue weighted by molar-refractivity contribution is 7.89. The van der Waals surface area contributed by atoms with E-state index >= 15 is 0 Å². The van der Waals surface area contributed by atoms with Crippen molar-refractivity contribution in [2.45, 2.75) is 43.5 Å². The number of nitrogens with zero attached hydrogens (tertiary/aromatic N) is 1. The molecule has 0 aromatic heterocycles. The van der Waals surface area contributed by atoms with Crippen LogP contribution in [0, 0.1) is 0 Å². The summed E-state index contributed by atoms with van der Waals surface area (Å²) in [5.74, 6) is 0.307. The van der Waals surface area contributed by atoms with Gasteiger partial charge >= 0.3 is 0 Å². The van der Waals surface area contributed by atoms with Gasteiger partial charge in [0.25, 0.3) is 0 Å². The molecular weight excluding hydrogens is 276 g/mol. The average Bonchev–Trinajstić information content (AvgIpc) is 2.92. The number of nitrogen functional groups attached to an aromatic ring is 1. The summed E-state index contributed by atoms with van der Waals surface area (Å²) in [7, 11) is -2.08. The molecule has 1 aromatic rings. The molecule has 0 saturated heterocycles. The predicted molar refractivity (Wildman–Crippen MR) is 79.2 cm³/mol. The van der Waals surface area contributed by atoms with E-state index in [1.54, 1.807) is 16.4 Å². The molecule has 1 fully saturated rings. The topological polar surface area (TPSA) is 72.6 Å². The third-order valence-corrected chi connectivity index (χ3v) is 5.88. The number of sulfonamides is 1. The van der Waals surface area contributed by atoms with Gasteiger partial charge in [-0.3, -0.25) is 0 Å². The lowest BCUT2D eigenvalue weighted by atomic mass is 10.2. The lowest BCUT2D eigenvalue weighted by Gasteiger charge is -2.27. The van der Waals surface area contributed by atoms with E-state index < -0.39 is 10.0 Å². The standard InChI is InChI=1S/C14H22N2O3S/c1-3-16(12-6-4-5-7-12)20(17,18)14-9-8-11(15)10-13(14)19-2/h8-10,12H,3-7,15H2,1-2H3. The van der Waals surface area contributed by atoms with E-state index in [1.807, 2.05) is 6.92 Å². The molecule has 20 heavy (non-hydrogen) atoms. The van der Waals surface area contributed by atoms with Crippen LogP contribution in [0.2, 0.25) is 0 Å². The molecule has 2 rings (SSSR count). The summed E-state index contributed by atoms with van der Waals surface area (Å²) < 4.78 is 32.5. The molecule has 0 heterocycles. The van der Waals surface area contributed by atoms with Gasteiger partial charge in [-0.25, -0.2) is 8.42 Å². The lowest BCUT2D eigenvalue weighted by Crippen LogP contribution is -2.38. The van der Waals surface area contributed by atoms with Gasteiger partial charge in [-0.2, -0.15) is 4.31 Å². The van der Waals surface area contributed by atoms with E-state index in [4.69, 9.17) is 10.5 Å². The number of methoxy groups -OCH3 is 1. The van der Waals surface area contributed by atoms with Crippen LogP contribution in [0.3, 0.4) is 0 Å². The number of hydrogen-bond donors (Lipinski definition) is 1. The van der Waals surface area contributed by atoms with Crippen molar-refractivity contribution in [2.24, 2.45) is 0 Å². The van der Waals surface area contributed by atoms with Crippen LogP contribution in [0.25, 0.3) is 0 Å². The Kier molecular flexibility index (Phi) is 4.55. The Morgan fingerprint density at radius 3 is 2.55 bits per heavy atom. The van der Waals surface area contributed by atoms with Crippen LogP contribution in [-0.4, -0.2) is 32.4 Å². The first kappa shape index (κ1) is 15.1.